The Morgan fingerprint density at radius 3 is 2.88 bits per heavy atom. The molecular formula is C12H16BrClN2. The van der Waals surface area contributed by atoms with E-state index >= 15 is 0 Å². The van der Waals surface area contributed by atoms with Crippen LogP contribution in [0.1, 0.15) is 12.5 Å². The van der Waals surface area contributed by atoms with Crippen molar-refractivity contribution in [1.29, 1.82) is 0 Å². The van der Waals surface area contributed by atoms with Crippen molar-refractivity contribution in [3.63, 3.8) is 0 Å². The highest BCUT2D eigenvalue weighted by atomic mass is 79.9. The summed E-state index contributed by atoms with van der Waals surface area (Å²) in [5.41, 5.74) is 7.17. The Balaban J connectivity index is 2.07. The lowest BCUT2D eigenvalue weighted by atomic mass is 10.1. The first-order chi connectivity index (χ1) is 7.56. The van der Waals surface area contributed by atoms with Crippen molar-refractivity contribution < 1.29 is 0 Å². The second kappa shape index (κ2) is 5.05. The van der Waals surface area contributed by atoms with Crippen molar-refractivity contribution >= 4 is 27.5 Å². The Hall–Kier alpha value is -0.0900. The Morgan fingerprint density at radius 2 is 2.25 bits per heavy atom. The first kappa shape index (κ1) is 12.4. The first-order valence-corrected chi connectivity index (χ1v) is 6.65. The van der Waals surface area contributed by atoms with Crippen molar-refractivity contribution in [2.75, 3.05) is 13.1 Å². The van der Waals surface area contributed by atoms with Crippen LogP contribution in [0.4, 0.5) is 0 Å². The van der Waals surface area contributed by atoms with Gasteiger partial charge < -0.3 is 5.73 Å². The Bertz CT molecular complexity index is 373. The number of benzene rings is 1. The number of likely N-dealkylation sites (tertiary alicyclic amines) is 1. The molecule has 2 N–H and O–H groups in total. The summed E-state index contributed by atoms with van der Waals surface area (Å²) >= 11 is 9.64. The van der Waals surface area contributed by atoms with Gasteiger partial charge in [-0.2, -0.15) is 0 Å². The average molecular weight is 304 g/mol. The zero-order valence-electron chi connectivity index (χ0n) is 9.29. The van der Waals surface area contributed by atoms with E-state index in [0.29, 0.717) is 12.0 Å². The minimum absolute atomic E-state index is 0.297. The molecule has 0 aromatic heterocycles. The van der Waals surface area contributed by atoms with Crippen LogP contribution in [0.15, 0.2) is 22.7 Å². The number of nitrogens with two attached hydrogens (primary N) is 1. The fourth-order valence-corrected chi connectivity index (χ4v) is 2.72. The van der Waals surface area contributed by atoms with E-state index in [1.165, 1.54) is 0 Å². The van der Waals surface area contributed by atoms with E-state index in [9.17, 15) is 0 Å². The van der Waals surface area contributed by atoms with Gasteiger partial charge in [0.2, 0.25) is 0 Å². The van der Waals surface area contributed by atoms with Gasteiger partial charge >= 0.3 is 0 Å². The summed E-state index contributed by atoms with van der Waals surface area (Å²) in [5.74, 6) is 0.575. The van der Waals surface area contributed by atoms with Gasteiger partial charge in [0.05, 0.1) is 0 Å². The van der Waals surface area contributed by atoms with Crippen LogP contribution >= 0.6 is 27.5 Å². The second-order valence-corrected chi connectivity index (χ2v) is 5.89. The summed E-state index contributed by atoms with van der Waals surface area (Å²) in [7, 11) is 0. The number of hydrogen-bond acceptors (Lipinski definition) is 2. The van der Waals surface area contributed by atoms with Crippen LogP contribution in [0.5, 0.6) is 0 Å². The van der Waals surface area contributed by atoms with Gasteiger partial charge in [-0.15, -0.1) is 0 Å². The van der Waals surface area contributed by atoms with Crippen LogP contribution < -0.4 is 5.73 Å². The Morgan fingerprint density at radius 1 is 1.50 bits per heavy atom. The van der Waals surface area contributed by atoms with Crippen LogP contribution in [0.25, 0.3) is 0 Å². The zero-order chi connectivity index (χ0) is 11.7. The quantitative estimate of drug-likeness (QED) is 0.910. The van der Waals surface area contributed by atoms with E-state index < -0.39 is 0 Å². The highest BCUT2D eigenvalue weighted by Crippen LogP contribution is 2.24. The number of nitrogens with zero attached hydrogens (tertiary/aromatic N) is 1. The Labute approximate surface area is 110 Å². The zero-order valence-corrected chi connectivity index (χ0v) is 11.6. The van der Waals surface area contributed by atoms with E-state index in [-0.39, 0.29) is 0 Å². The summed E-state index contributed by atoms with van der Waals surface area (Å²) < 4.78 is 1.07. The van der Waals surface area contributed by atoms with Gasteiger partial charge in [0.15, 0.2) is 0 Å². The predicted octanol–water partition coefficient (Wildman–Crippen LogP) is 2.88. The maximum absolute atomic E-state index is 6.17. The molecule has 0 bridgehead atoms. The molecule has 2 nitrogen and oxygen atoms in total. The molecule has 4 heteroatoms. The normalized spacial score (nSPS) is 26.2. The maximum Gasteiger partial charge on any atom is 0.0451 e. The van der Waals surface area contributed by atoms with Crippen LogP contribution in [-0.4, -0.2) is 24.0 Å². The molecule has 1 aliphatic rings. The molecule has 0 spiro atoms. The lowest BCUT2D eigenvalue weighted by Crippen LogP contribution is -2.28. The average Bonchev–Trinajstić information content (AvgIpc) is 2.52. The van der Waals surface area contributed by atoms with Gasteiger partial charge in [0, 0.05) is 35.2 Å². The summed E-state index contributed by atoms with van der Waals surface area (Å²) in [5, 5.41) is 0.830. The third-order valence-corrected chi connectivity index (χ3v) is 4.01. The van der Waals surface area contributed by atoms with Crippen molar-refractivity contribution in [3.05, 3.63) is 33.3 Å². The molecule has 1 saturated heterocycles. The third-order valence-electron chi connectivity index (χ3n) is 3.15. The van der Waals surface area contributed by atoms with Gasteiger partial charge in [-0.3, -0.25) is 4.90 Å². The van der Waals surface area contributed by atoms with Crippen molar-refractivity contribution in [2.24, 2.45) is 11.7 Å². The number of hydrogen-bond donors (Lipinski definition) is 1. The van der Waals surface area contributed by atoms with Gasteiger partial charge in [-0.05, 0) is 29.7 Å². The highest BCUT2D eigenvalue weighted by Gasteiger charge is 2.26. The number of halogens is 2. The Kier molecular flexibility index (Phi) is 3.90. The standard InChI is InChI=1S/C12H16BrClN2/c1-8-5-16(7-12(8)15)6-9-4-10(13)2-3-11(9)14/h2-4,8,12H,5-7,15H2,1H3. The van der Waals surface area contributed by atoms with E-state index in [4.69, 9.17) is 17.3 Å². The van der Waals surface area contributed by atoms with E-state index in [1.54, 1.807) is 0 Å². The van der Waals surface area contributed by atoms with Crippen LogP contribution in [0, 0.1) is 5.92 Å². The van der Waals surface area contributed by atoms with Crippen molar-refractivity contribution in [2.45, 2.75) is 19.5 Å². The minimum Gasteiger partial charge on any atom is -0.326 e. The minimum atomic E-state index is 0.297. The molecule has 16 heavy (non-hydrogen) atoms. The molecule has 1 heterocycles. The molecule has 1 aromatic carbocycles. The third kappa shape index (κ3) is 2.77. The first-order valence-electron chi connectivity index (χ1n) is 5.48. The van der Waals surface area contributed by atoms with Gasteiger partial charge in [-0.1, -0.05) is 34.5 Å². The van der Waals surface area contributed by atoms with Gasteiger partial charge in [0.25, 0.3) is 0 Å². The fraction of sp³-hybridized carbons (Fsp3) is 0.500. The predicted molar refractivity (Wildman–Crippen MR) is 71.6 cm³/mol. The molecule has 2 unspecified atom stereocenters. The fourth-order valence-electron chi connectivity index (χ4n) is 2.13. The second-order valence-electron chi connectivity index (χ2n) is 4.57. The molecule has 0 saturated carbocycles. The maximum atomic E-state index is 6.17. The largest absolute Gasteiger partial charge is 0.326 e. The van der Waals surface area contributed by atoms with Gasteiger partial charge in [-0.25, -0.2) is 0 Å². The van der Waals surface area contributed by atoms with E-state index in [2.05, 4.69) is 33.8 Å². The topological polar surface area (TPSA) is 29.3 Å². The molecule has 1 aliphatic heterocycles. The van der Waals surface area contributed by atoms with Crippen LogP contribution in [0.3, 0.4) is 0 Å². The molecule has 1 fully saturated rings. The molecular weight excluding hydrogens is 288 g/mol. The lowest BCUT2D eigenvalue weighted by molar-refractivity contribution is 0.319. The van der Waals surface area contributed by atoms with E-state index in [1.807, 2.05) is 12.1 Å². The molecule has 2 atom stereocenters. The van der Waals surface area contributed by atoms with Crippen molar-refractivity contribution in [3.8, 4) is 0 Å². The van der Waals surface area contributed by atoms with Gasteiger partial charge in [0.1, 0.15) is 0 Å². The highest BCUT2D eigenvalue weighted by molar-refractivity contribution is 9.10. The van der Waals surface area contributed by atoms with Crippen LogP contribution in [-0.2, 0) is 6.54 Å². The molecule has 1 aromatic rings. The molecule has 0 amide bonds. The molecule has 0 radical (unpaired) electrons. The summed E-state index contributed by atoms with van der Waals surface area (Å²) in [4.78, 5) is 2.36. The van der Waals surface area contributed by atoms with Crippen molar-refractivity contribution in [1.82, 2.24) is 4.90 Å². The monoisotopic (exact) mass is 302 g/mol. The molecule has 2 rings (SSSR count). The van der Waals surface area contributed by atoms with Crippen LogP contribution in [0.2, 0.25) is 5.02 Å². The molecule has 0 aliphatic carbocycles. The summed E-state index contributed by atoms with van der Waals surface area (Å²) in [6.07, 6.45) is 0. The summed E-state index contributed by atoms with van der Waals surface area (Å²) in [6, 6.07) is 6.27. The number of rotatable bonds is 2. The SMILES string of the molecule is CC1CN(Cc2cc(Br)ccc2Cl)CC1N. The lowest BCUT2D eigenvalue weighted by Gasteiger charge is -2.16. The smallest absolute Gasteiger partial charge is 0.0451 e. The molecule has 88 valence electrons. The summed E-state index contributed by atoms with van der Waals surface area (Å²) in [6.45, 7) is 5.11. The van der Waals surface area contributed by atoms with E-state index in [0.717, 1.165) is 34.7 Å².